The molecule has 4 nitrogen and oxygen atoms in total. The third-order valence-corrected chi connectivity index (χ3v) is 4.74. The first kappa shape index (κ1) is 14.8. The normalized spacial score (nSPS) is 31.7. The smallest absolute Gasteiger partial charge is 0.239 e. The number of carbonyl (C=O) groups is 1. The monoisotopic (exact) mass is 268 g/mol. The maximum Gasteiger partial charge on any atom is 0.239 e. The van der Waals surface area contributed by atoms with Crippen molar-refractivity contribution in [1.29, 1.82) is 0 Å². The number of piperidine rings is 1. The van der Waals surface area contributed by atoms with Gasteiger partial charge in [0.25, 0.3) is 0 Å². The van der Waals surface area contributed by atoms with E-state index in [1.165, 1.54) is 12.8 Å². The van der Waals surface area contributed by atoms with Crippen LogP contribution in [0.5, 0.6) is 0 Å². The van der Waals surface area contributed by atoms with Gasteiger partial charge in [0, 0.05) is 19.2 Å². The van der Waals surface area contributed by atoms with E-state index < -0.39 is 0 Å². The lowest BCUT2D eigenvalue weighted by Gasteiger charge is -2.34. The molecule has 0 aromatic rings. The average molecular weight is 268 g/mol. The van der Waals surface area contributed by atoms with E-state index in [9.17, 15) is 4.79 Å². The second-order valence-corrected chi connectivity index (χ2v) is 6.00. The van der Waals surface area contributed by atoms with E-state index in [2.05, 4.69) is 17.1 Å². The molecule has 2 fully saturated rings. The molecular weight excluding hydrogens is 240 g/mol. The molecule has 3 atom stereocenters. The van der Waals surface area contributed by atoms with Gasteiger partial charge < -0.3 is 15.3 Å². The number of carbonyl (C=O) groups excluding carboxylic acids is 1. The summed E-state index contributed by atoms with van der Waals surface area (Å²) >= 11 is 0. The fourth-order valence-electron chi connectivity index (χ4n) is 3.51. The molecule has 0 saturated carbocycles. The lowest BCUT2D eigenvalue weighted by molar-refractivity contribution is -0.135. The second kappa shape index (κ2) is 7.25. The van der Waals surface area contributed by atoms with Crippen molar-refractivity contribution in [1.82, 2.24) is 10.2 Å². The summed E-state index contributed by atoms with van der Waals surface area (Å²) in [5.74, 6) is 1.01. The number of likely N-dealkylation sites (tertiary alicyclic amines) is 1. The van der Waals surface area contributed by atoms with Crippen molar-refractivity contribution < 1.29 is 9.90 Å². The van der Waals surface area contributed by atoms with Crippen LogP contribution in [-0.2, 0) is 4.79 Å². The molecule has 0 radical (unpaired) electrons. The van der Waals surface area contributed by atoms with Crippen molar-refractivity contribution in [3.63, 3.8) is 0 Å². The standard InChI is InChI=1S/C15H28N2O2/c1-2-12-7-8-16-14(11-12)15(19)17-9-3-5-13(17)6-4-10-18/h12-14,16,18H,2-11H2,1H3. The summed E-state index contributed by atoms with van der Waals surface area (Å²) < 4.78 is 0. The van der Waals surface area contributed by atoms with E-state index in [0.29, 0.717) is 17.9 Å². The lowest BCUT2D eigenvalue weighted by atomic mass is 9.89. The van der Waals surface area contributed by atoms with Crippen molar-refractivity contribution in [3.8, 4) is 0 Å². The van der Waals surface area contributed by atoms with Crippen LogP contribution < -0.4 is 5.32 Å². The van der Waals surface area contributed by atoms with Crippen LogP contribution in [0.1, 0.15) is 51.9 Å². The first-order chi connectivity index (χ1) is 9.26. The molecular formula is C15H28N2O2. The fourth-order valence-corrected chi connectivity index (χ4v) is 3.51. The van der Waals surface area contributed by atoms with Crippen molar-refractivity contribution in [3.05, 3.63) is 0 Å². The minimum Gasteiger partial charge on any atom is -0.396 e. The molecule has 2 aliphatic heterocycles. The number of nitrogens with one attached hydrogen (secondary N) is 1. The van der Waals surface area contributed by atoms with Crippen LogP contribution in [0.15, 0.2) is 0 Å². The fraction of sp³-hybridized carbons (Fsp3) is 0.933. The summed E-state index contributed by atoms with van der Waals surface area (Å²) in [4.78, 5) is 14.7. The van der Waals surface area contributed by atoms with Gasteiger partial charge in [-0.05, 0) is 51.0 Å². The van der Waals surface area contributed by atoms with E-state index in [1.54, 1.807) is 0 Å². The Balaban J connectivity index is 1.90. The quantitative estimate of drug-likeness (QED) is 0.795. The zero-order valence-corrected chi connectivity index (χ0v) is 12.1. The zero-order chi connectivity index (χ0) is 13.7. The van der Waals surface area contributed by atoms with Crippen LogP contribution in [0, 0.1) is 5.92 Å². The largest absolute Gasteiger partial charge is 0.396 e. The minimum absolute atomic E-state index is 0.0356. The van der Waals surface area contributed by atoms with Crippen LogP contribution in [0.4, 0.5) is 0 Å². The number of aliphatic hydroxyl groups is 1. The van der Waals surface area contributed by atoms with E-state index in [0.717, 1.165) is 45.2 Å². The molecule has 4 heteroatoms. The predicted octanol–water partition coefficient (Wildman–Crippen LogP) is 1.53. The molecule has 2 aliphatic rings. The highest BCUT2D eigenvalue weighted by Gasteiger charge is 2.34. The Morgan fingerprint density at radius 3 is 3.00 bits per heavy atom. The maximum absolute atomic E-state index is 12.6. The van der Waals surface area contributed by atoms with Crippen molar-refractivity contribution in [2.45, 2.75) is 64.0 Å². The highest BCUT2D eigenvalue weighted by molar-refractivity contribution is 5.82. The molecule has 0 aromatic heterocycles. The Kier molecular flexibility index (Phi) is 5.64. The minimum atomic E-state index is 0.0356. The molecule has 19 heavy (non-hydrogen) atoms. The van der Waals surface area contributed by atoms with Gasteiger partial charge in [0.05, 0.1) is 6.04 Å². The van der Waals surface area contributed by atoms with E-state index in [4.69, 9.17) is 5.11 Å². The Morgan fingerprint density at radius 2 is 2.26 bits per heavy atom. The molecule has 0 spiro atoms. The van der Waals surface area contributed by atoms with Crippen molar-refractivity contribution >= 4 is 5.91 Å². The summed E-state index contributed by atoms with van der Waals surface area (Å²) in [7, 11) is 0. The number of hydrogen-bond acceptors (Lipinski definition) is 3. The highest BCUT2D eigenvalue weighted by Crippen LogP contribution is 2.26. The van der Waals surface area contributed by atoms with Crippen LogP contribution in [0.25, 0.3) is 0 Å². The van der Waals surface area contributed by atoms with Crippen LogP contribution in [-0.4, -0.2) is 47.7 Å². The van der Waals surface area contributed by atoms with Gasteiger partial charge in [0.2, 0.25) is 5.91 Å². The number of aliphatic hydroxyl groups excluding tert-OH is 1. The zero-order valence-electron chi connectivity index (χ0n) is 12.1. The first-order valence-electron chi connectivity index (χ1n) is 7.91. The summed E-state index contributed by atoms with van der Waals surface area (Å²) in [5.41, 5.74) is 0. The van der Waals surface area contributed by atoms with E-state index in [1.807, 2.05) is 0 Å². The lowest BCUT2D eigenvalue weighted by Crippen LogP contribution is -2.51. The molecule has 2 heterocycles. The third-order valence-electron chi connectivity index (χ3n) is 4.74. The van der Waals surface area contributed by atoms with Gasteiger partial charge in [-0.15, -0.1) is 0 Å². The van der Waals surface area contributed by atoms with Crippen LogP contribution in [0.2, 0.25) is 0 Å². The van der Waals surface area contributed by atoms with Crippen LogP contribution >= 0.6 is 0 Å². The molecule has 0 aliphatic carbocycles. The summed E-state index contributed by atoms with van der Waals surface area (Å²) in [6, 6.07) is 0.400. The predicted molar refractivity (Wildman–Crippen MR) is 75.9 cm³/mol. The number of nitrogens with zero attached hydrogens (tertiary/aromatic N) is 1. The Hall–Kier alpha value is -0.610. The molecule has 1 amide bonds. The van der Waals surface area contributed by atoms with E-state index >= 15 is 0 Å². The Bertz CT molecular complexity index is 296. The van der Waals surface area contributed by atoms with E-state index in [-0.39, 0.29) is 12.6 Å². The Labute approximate surface area is 116 Å². The van der Waals surface area contributed by atoms with Crippen molar-refractivity contribution in [2.75, 3.05) is 19.7 Å². The van der Waals surface area contributed by atoms with Gasteiger partial charge in [-0.25, -0.2) is 0 Å². The molecule has 0 aromatic carbocycles. The molecule has 0 bridgehead atoms. The number of rotatable bonds is 5. The molecule has 2 saturated heterocycles. The average Bonchev–Trinajstić information content (AvgIpc) is 2.92. The van der Waals surface area contributed by atoms with Gasteiger partial charge in [0.1, 0.15) is 0 Å². The summed E-state index contributed by atoms with van der Waals surface area (Å²) in [5, 5.41) is 12.3. The second-order valence-electron chi connectivity index (χ2n) is 6.00. The van der Waals surface area contributed by atoms with Gasteiger partial charge in [0.15, 0.2) is 0 Å². The molecule has 110 valence electrons. The SMILES string of the molecule is CCC1CCNC(C(=O)N2CCCC2CCCO)C1. The topological polar surface area (TPSA) is 52.6 Å². The summed E-state index contributed by atoms with van der Waals surface area (Å²) in [6.07, 6.45) is 7.36. The third kappa shape index (κ3) is 3.69. The number of amides is 1. The number of hydrogen-bond donors (Lipinski definition) is 2. The summed E-state index contributed by atoms with van der Waals surface area (Å²) in [6.45, 7) is 4.34. The van der Waals surface area contributed by atoms with Gasteiger partial charge >= 0.3 is 0 Å². The maximum atomic E-state index is 12.6. The molecule has 3 unspecified atom stereocenters. The van der Waals surface area contributed by atoms with Gasteiger partial charge in [-0.1, -0.05) is 13.3 Å². The first-order valence-corrected chi connectivity index (χ1v) is 7.91. The molecule has 2 N–H and O–H groups in total. The van der Waals surface area contributed by atoms with Crippen molar-refractivity contribution in [2.24, 2.45) is 5.92 Å². The Morgan fingerprint density at radius 1 is 1.42 bits per heavy atom. The van der Waals surface area contributed by atoms with Gasteiger partial charge in [-0.3, -0.25) is 4.79 Å². The highest BCUT2D eigenvalue weighted by atomic mass is 16.3. The van der Waals surface area contributed by atoms with Crippen LogP contribution in [0.3, 0.4) is 0 Å². The molecule has 2 rings (SSSR count). The van der Waals surface area contributed by atoms with Gasteiger partial charge in [-0.2, -0.15) is 0 Å².